The van der Waals surface area contributed by atoms with Gasteiger partial charge in [-0.1, -0.05) is 19.4 Å². The Balaban J connectivity index is 1.59. The normalized spacial score (nSPS) is 53.1. The molecule has 2 unspecified atom stereocenters. The molecule has 0 amide bonds. The lowest BCUT2D eigenvalue weighted by Crippen LogP contribution is -2.67. The topological polar surface area (TPSA) is 126 Å². The molecule has 164 valence electrons. The van der Waals surface area contributed by atoms with Gasteiger partial charge in [0.1, 0.15) is 24.4 Å². The molecule has 0 aromatic heterocycles. The van der Waals surface area contributed by atoms with Gasteiger partial charge in [-0.15, -0.1) is 0 Å². The number of allylic oxidation sites excluding steroid dienone is 2. The number of aliphatic hydroxyl groups excluding tert-OH is 4. The highest BCUT2D eigenvalue weighted by atomic mass is 16.7. The van der Waals surface area contributed by atoms with E-state index in [9.17, 15) is 25.2 Å². The third-order valence-electron chi connectivity index (χ3n) is 7.81. The third kappa shape index (κ3) is 3.29. The Morgan fingerprint density at radius 2 is 1.93 bits per heavy atom. The number of aliphatic hydroxyl groups is 4. The second kappa shape index (κ2) is 7.37. The Labute approximate surface area is 170 Å². The van der Waals surface area contributed by atoms with Crippen molar-refractivity contribution < 1.29 is 39.4 Å². The van der Waals surface area contributed by atoms with Crippen LogP contribution in [-0.2, 0) is 19.0 Å². The van der Waals surface area contributed by atoms with Gasteiger partial charge in [0.2, 0.25) is 0 Å². The third-order valence-corrected chi connectivity index (χ3v) is 7.81. The smallest absolute Gasteiger partial charge is 0.187 e. The van der Waals surface area contributed by atoms with Gasteiger partial charge in [-0.3, -0.25) is 4.79 Å². The summed E-state index contributed by atoms with van der Waals surface area (Å²) < 4.78 is 17.5. The summed E-state index contributed by atoms with van der Waals surface area (Å²) in [6.07, 6.45) is -2.27. The summed E-state index contributed by atoms with van der Waals surface area (Å²) in [7, 11) is 0. The van der Waals surface area contributed by atoms with E-state index in [0.29, 0.717) is 19.3 Å². The zero-order valence-corrected chi connectivity index (χ0v) is 17.2. The maximum Gasteiger partial charge on any atom is 0.187 e. The van der Waals surface area contributed by atoms with Crippen molar-refractivity contribution in [3.8, 4) is 0 Å². The first-order chi connectivity index (χ1) is 13.6. The van der Waals surface area contributed by atoms with E-state index < -0.39 is 54.9 Å². The summed E-state index contributed by atoms with van der Waals surface area (Å²) >= 11 is 0. The van der Waals surface area contributed by atoms with Crippen LogP contribution in [0.5, 0.6) is 0 Å². The molecule has 0 aromatic carbocycles. The molecule has 2 heterocycles. The Morgan fingerprint density at radius 3 is 2.62 bits per heavy atom. The van der Waals surface area contributed by atoms with Crippen molar-refractivity contribution in [3.05, 3.63) is 11.6 Å². The van der Waals surface area contributed by atoms with Crippen LogP contribution in [0.25, 0.3) is 0 Å². The predicted molar refractivity (Wildman–Crippen MR) is 101 cm³/mol. The highest BCUT2D eigenvalue weighted by Crippen LogP contribution is 2.54. The summed E-state index contributed by atoms with van der Waals surface area (Å²) in [5.41, 5.74) is -0.249. The quantitative estimate of drug-likeness (QED) is 0.496. The minimum atomic E-state index is -1.31. The zero-order chi connectivity index (χ0) is 21.1. The van der Waals surface area contributed by atoms with Gasteiger partial charge in [-0.05, 0) is 43.6 Å². The maximum absolute atomic E-state index is 13.0. The maximum atomic E-state index is 13.0. The SMILES string of the molecule is C[C@H]1[C@H](O)CCC2=CC(=O)[C@H]([C@@]3(C)COC4O[C@H](CO)[C@@H](O)[C@H](O)C4O3)C[C@@]21C. The average Bonchev–Trinajstić information content (AvgIpc) is 2.69. The molecule has 2 aliphatic heterocycles. The molecular weight excluding hydrogens is 380 g/mol. The summed E-state index contributed by atoms with van der Waals surface area (Å²) in [6, 6.07) is 0. The van der Waals surface area contributed by atoms with Crippen LogP contribution in [0.4, 0.5) is 0 Å². The first-order valence-corrected chi connectivity index (χ1v) is 10.5. The zero-order valence-electron chi connectivity index (χ0n) is 17.2. The van der Waals surface area contributed by atoms with Gasteiger partial charge in [-0.2, -0.15) is 0 Å². The van der Waals surface area contributed by atoms with Gasteiger partial charge in [0.15, 0.2) is 12.1 Å². The van der Waals surface area contributed by atoms with E-state index >= 15 is 0 Å². The van der Waals surface area contributed by atoms with Crippen molar-refractivity contribution in [2.75, 3.05) is 13.2 Å². The molecule has 3 fully saturated rings. The molecule has 0 bridgehead atoms. The fourth-order valence-corrected chi connectivity index (χ4v) is 5.51. The summed E-state index contributed by atoms with van der Waals surface area (Å²) in [5, 5.41) is 40.4. The predicted octanol–water partition coefficient (Wildman–Crippen LogP) is -0.0880. The van der Waals surface area contributed by atoms with Crippen LogP contribution in [0.15, 0.2) is 11.6 Å². The van der Waals surface area contributed by atoms with E-state index in [-0.39, 0.29) is 23.7 Å². The molecule has 4 N–H and O–H groups in total. The second-order valence-electron chi connectivity index (χ2n) is 9.55. The van der Waals surface area contributed by atoms with E-state index in [1.54, 1.807) is 13.0 Å². The second-order valence-corrected chi connectivity index (χ2v) is 9.55. The van der Waals surface area contributed by atoms with Crippen LogP contribution in [-0.4, -0.2) is 81.8 Å². The van der Waals surface area contributed by atoms with Gasteiger partial charge in [-0.25, -0.2) is 0 Å². The van der Waals surface area contributed by atoms with Gasteiger partial charge >= 0.3 is 0 Å². The van der Waals surface area contributed by atoms with Crippen LogP contribution < -0.4 is 0 Å². The highest BCUT2D eigenvalue weighted by Gasteiger charge is 2.57. The first-order valence-electron chi connectivity index (χ1n) is 10.5. The van der Waals surface area contributed by atoms with Gasteiger partial charge in [0.25, 0.3) is 0 Å². The molecule has 2 saturated heterocycles. The molecule has 4 rings (SSSR count). The van der Waals surface area contributed by atoms with Crippen molar-refractivity contribution in [2.24, 2.45) is 17.3 Å². The average molecular weight is 412 g/mol. The molecular formula is C21H32O8. The van der Waals surface area contributed by atoms with E-state index in [1.165, 1.54) is 0 Å². The molecule has 0 radical (unpaired) electrons. The van der Waals surface area contributed by atoms with E-state index in [2.05, 4.69) is 6.92 Å². The molecule has 8 heteroatoms. The fraction of sp³-hybridized carbons (Fsp3) is 0.857. The number of hydrogen-bond donors (Lipinski definition) is 4. The number of fused-ring (bicyclic) bond motifs is 2. The monoisotopic (exact) mass is 412 g/mol. The Morgan fingerprint density at radius 1 is 1.21 bits per heavy atom. The minimum Gasteiger partial charge on any atom is -0.394 e. The standard InChI is InChI=1S/C21H32O8/c1-10-13(23)5-4-11-6-14(24)12(7-20(10,11)2)21(3)9-27-19-18(29-21)17(26)16(25)15(8-22)28-19/h6,10,12-13,15-19,22-23,25-26H,4-5,7-9H2,1-3H3/t10-,12+,13+,15+,16+,17-,18?,19?,20+,21+/m0/s1. The molecule has 29 heavy (non-hydrogen) atoms. The Bertz CT molecular complexity index is 692. The van der Waals surface area contributed by atoms with E-state index in [0.717, 1.165) is 5.57 Å². The lowest BCUT2D eigenvalue weighted by Gasteiger charge is -2.54. The first kappa shape index (κ1) is 21.4. The van der Waals surface area contributed by atoms with Crippen LogP contribution >= 0.6 is 0 Å². The van der Waals surface area contributed by atoms with Crippen molar-refractivity contribution in [1.29, 1.82) is 0 Å². The van der Waals surface area contributed by atoms with Crippen LogP contribution in [0.1, 0.15) is 40.0 Å². The minimum absolute atomic E-state index is 0.00898. The molecule has 1 saturated carbocycles. The van der Waals surface area contributed by atoms with Crippen LogP contribution in [0, 0.1) is 17.3 Å². The lowest BCUT2D eigenvalue weighted by atomic mass is 9.55. The van der Waals surface area contributed by atoms with Crippen LogP contribution in [0.3, 0.4) is 0 Å². The lowest BCUT2D eigenvalue weighted by molar-refractivity contribution is -0.371. The van der Waals surface area contributed by atoms with Crippen LogP contribution in [0.2, 0.25) is 0 Å². The fourth-order valence-electron chi connectivity index (χ4n) is 5.51. The number of rotatable bonds is 2. The summed E-state index contributed by atoms with van der Waals surface area (Å²) in [4.78, 5) is 13.0. The number of ether oxygens (including phenoxy) is 3. The molecule has 0 spiro atoms. The number of ketones is 1. The number of carbonyl (C=O) groups excluding carboxylic acids is 1. The van der Waals surface area contributed by atoms with E-state index in [1.807, 2.05) is 6.92 Å². The summed E-state index contributed by atoms with van der Waals surface area (Å²) in [6.45, 7) is 5.53. The largest absolute Gasteiger partial charge is 0.394 e. The van der Waals surface area contributed by atoms with Gasteiger partial charge in [0.05, 0.1) is 30.8 Å². The van der Waals surface area contributed by atoms with Crippen molar-refractivity contribution >= 4 is 5.78 Å². The molecule has 10 atom stereocenters. The highest BCUT2D eigenvalue weighted by molar-refractivity contribution is 5.94. The van der Waals surface area contributed by atoms with Gasteiger partial charge < -0.3 is 34.6 Å². The van der Waals surface area contributed by atoms with E-state index in [4.69, 9.17) is 14.2 Å². The number of carbonyl (C=O) groups is 1. The molecule has 0 aromatic rings. The van der Waals surface area contributed by atoms with Crippen molar-refractivity contribution in [2.45, 2.75) is 82.4 Å². The van der Waals surface area contributed by atoms with Crippen molar-refractivity contribution in [1.82, 2.24) is 0 Å². The summed E-state index contributed by atoms with van der Waals surface area (Å²) in [5.74, 6) is -0.537. The number of hydrogen-bond acceptors (Lipinski definition) is 8. The molecule has 8 nitrogen and oxygen atoms in total. The molecule has 2 aliphatic carbocycles. The Kier molecular flexibility index (Phi) is 5.43. The van der Waals surface area contributed by atoms with Gasteiger partial charge in [0, 0.05) is 0 Å². The van der Waals surface area contributed by atoms with Crippen molar-refractivity contribution in [3.63, 3.8) is 0 Å². The molecule has 4 aliphatic rings. The Hall–Kier alpha value is -0.870.